The highest BCUT2D eigenvalue weighted by Gasteiger charge is 2.12. The zero-order valence-electron chi connectivity index (χ0n) is 9.90. The lowest BCUT2D eigenvalue weighted by Crippen LogP contribution is -2.29. The fourth-order valence-electron chi connectivity index (χ4n) is 1.81. The first-order valence-electron chi connectivity index (χ1n) is 5.33. The van der Waals surface area contributed by atoms with E-state index in [1.165, 1.54) is 4.57 Å². The van der Waals surface area contributed by atoms with Crippen molar-refractivity contribution in [1.29, 1.82) is 0 Å². The molecule has 0 aliphatic carbocycles. The lowest BCUT2D eigenvalue weighted by atomic mass is 10.2. The molecule has 0 aliphatic heterocycles. The van der Waals surface area contributed by atoms with Gasteiger partial charge in [0.05, 0.1) is 0 Å². The smallest absolute Gasteiger partial charge is 0.316 e. The Morgan fingerprint density at radius 2 is 1.94 bits per heavy atom. The topological polar surface area (TPSA) is 75.6 Å². The third-order valence-corrected chi connectivity index (χ3v) is 2.91. The predicted octanol–water partition coefficient (Wildman–Crippen LogP) is 0.742. The minimum atomic E-state index is -0.449. The van der Waals surface area contributed by atoms with Crippen LogP contribution in [0.25, 0.3) is 11.2 Å². The number of rotatable bonds is 2. The lowest BCUT2D eigenvalue weighted by molar-refractivity contribution is 0.527. The number of aromatic amines is 2. The number of imidazole rings is 1. The average Bonchev–Trinajstić information content (AvgIpc) is 2.53. The van der Waals surface area contributed by atoms with Gasteiger partial charge in [-0.3, -0.25) is 14.3 Å². The van der Waals surface area contributed by atoms with E-state index in [0.717, 1.165) is 0 Å². The van der Waals surface area contributed by atoms with E-state index in [-0.39, 0.29) is 0 Å². The Bertz CT molecular complexity index is 731. The Labute approximate surface area is 102 Å². The van der Waals surface area contributed by atoms with Crippen molar-refractivity contribution >= 4 is 23.4 Å². The number of nitrogens with zero attached hydrogens (tertiary/aromatic N) is 2. The maximum absolute atomic E-state index is 11.8. The van der Waals surface area contributed by atoms with Crippen LogP contribution in [0.1, 0.15) is 13.8 Å². The monoisotopic (exact) mass is 254 g/mol. The molecule has 17 heavy (non-hydrogen) atoms. The molecule has 6 nitrogen and oxygen atoms in total. The number of hydrogen-bond donors (Lipinski definition) is 2. The van der Waals surface area contributed by atoms with E-state index in [2.05, 4.69) is 9.97 Å². The summed E-state index contributed by atoms with van der Waals surface area (Å²) in [5.74, 6) is 0.359. The van der Waals surface area contributed by atoms with Gasteiger partial charge in [0.2, 0.25) is 0 Å². The molecule has 0 aliphatic rings. The summed E-state index contributed by atoms with van der Waals surface area (Å²) in [4.78, 5) is 28.4. The van der Waals surface area contributed by atoms with Crippen LogP contribution in [0.15, 0.2) is 9.59 Å². The van der Waals surface area contributed by atoms with Crippen molar-refractivity contribution in [3.63, 3.8) is 0 Å². The van der Waals surface area contributed by atoms with Crippen LogP contribution in [0.3, 0.4) is 0 Å². The fourth-order valence-corrected chi connectivity index (χ4v) is 2.07. The van der Waals surface area contributed by atoms with Gasteiger partial charge in [0.1, 0.15) is 5.65 Å². The average molecular weight is 254 g/mol. The van der Waals surface area contributed by atoms with Gasteiger partial charge in [0, 0.05) is 13.6 Å². The Hall–Kier alpha value is -1.63. The van der Waals surface area contributed by atoms with Gasteiger partial charge in [0.15, 0.2) is 10.3 Å². The SMILES string of the molecule is CC(C)Cn1c(=S)[nH]c2c1c(=O)[nH]c(=O)n2C. The van der Waals surface area contributed by atoms with Crippen molar-refractivity contribution in [3.8, 4) is 0 Å². The molecule has 2 aromatic rings. The molecular formula is C10H14N4O2S. The first-order valence-corrected chi connectivity index (χ1v) is 5.74. The van der Waals surface area contributed by atoms with Crippen molar-refractivity contribution in [2.75, 3.05) is 0 Å². The minimum Gasteiger partial charge on any atom is -0.316 e. The Kier molecular flexibility index (Phi) is 2.78. The highest BCUT2D eigenvalue weighted by atomic mass is 32.1. The predicted molar refractivity (Wildman–Crippen MR) is 67.8 cm³/mol. The Balaban J connectivity index is 2.92. The standard InChI is InChI=1S/C10H14N4O2S/c1-5(2)4-14-6-7(11-10(14)17)13(3)9(16)12-8(6)15/h5H,4H2,1-3H3,(H,11,17)(H,12,15,16). The number of aromatic nitrogens is 4. The molecule has 7 heteroatoms. The summed E-state index contributed by atoms with van der Waals surface area (Å²) in [6, 6.07) is 0. The summed E-state index contributed by atoms with van der Waals surface area (Å²) < 4.78 is 3.54. The summed E-state index contributed by atoms with van der Waals surface area (Å²) in [5, 5.41) is 0. The summed E-state index contributed by atoms with van der Waals surface area (Å²) in [6.45, 7) is 4.72. The molecule has 0 radical (unpaired) electrons. The molecule has 0 atom stereocenters. The van der Waals surface area contributed by atoms with E-state index in [0.29, 0.717) is 28.4 Å². The maximum atomic E-state index is 11.8. The van der Waals surface area contributed by atoms with Crippen LogP contribution >= 0.6 is 12.2 Å². The molecule has 0 saturated heterocycles. The van der Waals surface area contributed by atoms with E-state index in [1.54, 1.807) is 11.6 Å². The maximum Gasteiger partial charge on any atom is 0.329 e. The fraction of sp³-hybridized carbons (Fsp3) is 0.500. The van der Waals surface area contributed by atoms with Crippen molar-refractivity contribution in [1.82, 2.24) is 19.1 Å². The molecular weight excluding hydrogens is 240 g/mol. The summed E-state index contributed by atoms with van der Waals surface area (Å²) in [7, 11) is 1.59. The first-order chi connectivity index (χ1) is 7.91. The summed E-state index contributed by atoms with van der Waals surface area (Å²) in [6.07, 6.45) is 0. The Morgan fingerprint density at radius 1 is 1.29 bits per heavy atom. The van der Waals surface area contributed by atoms with Gasteiger partial charge in [0.25, 0.3) is 5.56 Å². The number of H-pyrrole nitrogens is 2. The summed E-state index contributed by atoms with van der Waals surface area (Å²) >= 11 is 5.17. The quantitative estimate of drug-likeness (QED) is 0.776. The van der Waals surface area contributed by atoms with Gasteiger partial charge < -0.3 is 9.55 Å². The van der Waals surface area contributed by atoms with Gasteiger partial charge >= 0.3 is 5.69 Å². The van der Waals surface area contributed by atoms with Crippen molar-refractivity contribution in [2.24, 2.45) is 13.0 Å². The molecule has 2 N–H and O–H groups in total. The molecule has 0 fully saturated rings. The van der Waals surface area contributed by atoms with Crippen molar-refractivity contribution < 1.29 is 0 Å². The largest absolute Gasteiger partial charge is 0.329 e. The van der Waals surface area contributed by atoms with Gasteiger partial charge in [-0.15, -0.1) is 0 Å². The van der Waals surface area contributed by atoms with Gasteiger partial charge in [-0.25, -0.2) is 4.79 Å². The van der Waals surface area contributed by atoms with Crippen LogP contribution in [0.4, 0.5) is 0 Å². The van der Waals surface area contributed by atoms with Crippen LogP contribution in [0.2, 0.25) is 0 Å². The van der Waals surface area contributed by atoms with Crippen molar-refractivity contribution in [3.05, 3.63) is 25.6 Å². The number of hydrogen-bond acceptors (Lipinski definition) is 3. The Morgan fingerprint density at radius 3 is 2.53 bits per heavy atom. The highest BCUT2D eigenvalue weighted by molar-refractivity contribution is 7.71. The third-order valence-electron chi connectivity index (χ3n) is 2.59. The van der Waals surface area contributed by atoms with Crippen LogP contribution in [0, 0.1) is 10.7 Å². The van der Waals surface area contributed by atoms with Gasteiger partial charge in [-0.1, -0.05) is 13.8 Å². The van der Waals surface area contributed by atoms with Crippen LogP contribution in [0.5, 0.6) is 0 Å². The molecule has 2 aromatic heterocycles. The first kappa shape index (κ1) is 11.8. The third kappa shape index (κ3) is 1.86. The van der Waals surface area contributed by atoms with Gasteiger partial charge in [-0.05, 0) is 18.1 Å². The zero-order chi connectivity index (χ0) is 12.7. The number of aryl methyl sites for hydroxylation is 1. The molecule has 0 spiro atoms. The highest BCUT2D eigenvalue weighted by Crippen LogP contribution is 2.09. The van der Waals surface area contributed by atoms with E-state index < -0.39 is 11.2 Å². The molecule has 0 unspecified atom stereocenters. The molecule has 0 bridgehead atoms. The zero-order valence-corrected chi connectivity index (χ0v) is 10.7. The number of nitrogens with one attached hydrogen (secondary N) is 2. The molecule has 0 saturated carbocycles. The minimum absolute atomic E-state index is 0.359. The van der Waals surface area contributed by atoms with Gasteiger partial charge in [-0.2, -0.15) is 0 Å². The molecule has 2 rings (SSSR count). The van der Waals surface area contributed by atoms with Crippen LogP contribution < -0.4 is 11.2 Å². The van der Waals surface area contributed by atoms with Crippen LogP contribution in [-0.2, 0) is 13.6 Å². The molecule has 92 valence electrons. The lowest BCUT2D eigenvalue weighted by Gasteiger charge is -2.06. The molecule has 2 heterocycles. The van der Waals surface area contributed by atoms with E-state index in [9.17, 15) is 9.59 Å². The summed E-state index contributed by atoms with van der Waals surface area (Å²) in [5.41, 5.74) is 0.0294. The normalized spacial score (nSPS) is 11.5. The molecule has 0 amide bonds. The second-order valence-electron chi connectivity index (χ2n) is 4.45. The second-order valence-corrected chi connectivity index (χ2v) is 4.84. The van der Waals surface area contributed by atoms with E-state index >= 15 is 0 Å². The number of fused-ring (bicyclic) bond motifs is 1. The molecule has 0 aromatic carbocycles. The van der Waals surface area contributed by atoms with Crippen LogP contribution in [-0.4, -0.2) is 19.1 Å². The van der Waals surface area contributed by atoms with E-state index in [4.69, 9.17) is 12.2 Å². The van der Waals surface area contributed by atoms with Crippen molar-refractivity contribution in [2.45, 2.75) is 20.4 Å². The van der Waals surface area contributed by atoms with E-state index in [1.807, 2.05) is 13.8 Å². The second kappa shape index (κ2) is 3.99.